The van der Waals surface area contributed by atoms with Crippen molar-refractivity contribution in [3.05, 3.63) is 30.3 Å². The molecule has 1 spiro atoms. The van der Waals surface area contributed by atoms with Crippen molar-refractivity contribution in [2.45, 2.75) is 31.7 Å². The Morgan fingerprint density at radius 1 is 1.28 bits per heavy atom. The minimum absolute atomic E-state index is 0.00325. The molecule has 0 bridgehead atoms. The number of aromatic nitrogens is 2. The van der Waals surface area contributed by atoms with Crippen LogP contribution in [-0.2, 0) is 4.79 Å². The van der Waals surface area contributed by atoms with Crippen molar-refractivity contribution in [2.75, 3.05) is 11.9 Å². The summed E-state index contributed by atoms with van der Waals surface area (Å²) in [5.74, 6) is -0.395. The Labute approximate surface area is 148 Å². The standard InChI is InChI=1S/C17H18N4O3S/c22-14(23)12-9-17(7-4-8-17)10-21(12)16(24)19-15-18-13(20-25-15)11-5-2-1-3-6-11/h1-3,5-6,12H,4,7-10H2,(H,22,23)(H,18,19,20,24). The van der Waals surface area contributed by atoms with Crippen LogP contribution in [0.3, 0.4) is 0 Å². The first-order valence-electron chi connectivity index (χ1n) is 8.26. The number of rotatable bonds is 3. The first-order valence-corrected chi connectivity index (χ1v) is 9.03. The zero-order chi connectivity index (χ0) is 17.4. The highest BCUT2D eigenvalue weighted by molar-refractivity contribution is 7.10. The number of benzene rings is 1. The van der Waals surface area contributed by atoms with Gasteiger partial charge in [0, 0.05) is 23.6 Å². The SMILES string of the molecule is O=C(O)C1CC2(CCC2)CN1C(=O)Nc1nc(-c2ccccc2)ns1. The minimum atomic E-state index is -0.943. The van der Waals surface area contributed by atoms with Crippen LogP contribution in [0.4, 0.5) is 9.93 Å². The van der Waals surface area contributed by atoms with E-state index in [2.05, 4.69) is 14.7 Å². The molecule has 1 aliphatic carbocycles. The van der Waals surface area contributed by atoms with E-state index in [0.29, 0.717) is 23.9 Å². The number of nitrogens with one attached hydrogen (secondary N) is 1. The van der Waals surface area contributed by atoms with Crippen molar-refractivity contribution in [3.63, 3.8) is 0 Å². The topological polar surface area (TPSA) is 95.4 Å². The molecule has 1 aliphatic heterocycles. The zero-order valence-corrected chi connectivity index (χ0v) is 14.3. The second kappa shape index (κ2) is 6.11. The van der Waals surface area contributed by atoms with E-state index in [1.165, 1.54) is 4.90 Å². The number of hydrogen-bond donors (Lipinski definition) is 2. The molecule has 25 heavy (non-hydrogen) atoms. The Kier molecular flexibility index (Phi) is 3.91. The van der Waals surface area contributed by atoms with E-state index >= 15 is 0 Å². The molecule has 4 rings (SSSR count). The molecule has 2 aromatic rings. The third-order valence-corrected chi connectivity index (χ3v) is 5.77. The van der Waals surface area contributed by atoms with Crippen LogP contribution < -0.4 is 5.32 Å². The maximum absolute atomic E-state index is 12.6. The predicted octanol–water partition coefficient (Wildman–Crippen LogP) is 3.07. The highest BCUT2D eigenvalue weighted by Gasteiger charge is 2.51. The van der Waals surface area contributed by atoms with Crippen molar-refractivity contribution in [3.8, 4) is 11.4 Å². The number of carboxylic acids is 1. The monoisotopic (exact) mass is 358 g/mol. The summed E-state index contributed by atoms with van der Waals surface area (Å²) < 4.78 is 4.26. The van der Waals surface area contributed by atoms with Crippen LogP contribution in [-0.4, -0.2) is 44.0 Å². The molecule has 1 aromatic carbocycles. The molecule has 1 aromatic heterocycles. The smallest absolute Gasteiger partial charge is 0.326 e. The van der Waals surface area contributed by atoms with Gasteiger partial charge in [0.2, 0.25) is 5.13 Å². The third-order valence-electron chi connectivity index (χ3n) is 5.14. The first-order chi connectivity index (χ1) is 12.1. The van der Waals surface area contributed by atoms with Crippen LogP contribution in [0.25, 0.3) is 11.4 Å². The maximum atomic E-state index is 12.6. The summed E-state index contributed by atoms with van der Waals surface area (Å²) in [5, 5.41) is 12.5. The Morgan fingerprint density at radius 3 is 2.68 bits per heavy atom. The van der Waals surface area contributed by atoms with Crippen LogP contribution in [0.5, 0.6) is 0 Å². The number of amides is 2. The number of carboxylic acid groups (broad SMARTS) is 1. The van der Waals surface area contributed by atoms with Crippen molar-refractivity contribution in [1.82, 2.24) is 14.3 Å². The van der Waals surface area contributed by atoms with Gasteiger partial charge in [-0.25, -0.2) is 9.59 Å². The molecule has 1 atom stereocenters. The quantitative estimate of drug-likeness (QED) is 0.879. The lowest BCUT2D eigenvalue weighted by atomic mass is 9.67. The molecule has 1 saturated carbocycles. The summed E-state index contributed by atoms with van der Waals surface area (Å²) >= 11 is 1.09. The largest absolute Gasteiger partial charge is 0.480 e. The van der Waals surface area contributed by atoms with Crippen molar-refractivity contribution in [1.29, 1.82) is 0 Å². The number of aliphatic carboxylic acids is 1. The average Bonchev–Trinajstić information content (AvgIpc) is 3.20. The predicted molar refractivity (Wildman–Crippen MR) is 93.4 cm³/mol. The Hall–Kier alpha value is -2.48. The lowest BCUT2D eigenvalue weighted by Gasteiger charge is -2.37. The van der Waals surface area contributed by atoms with Gasteiger partial charge in [0.05, 0.1) is 0 Å². The fourth-order valence-electron chi connectivity index (χ4n) is 3.67. The van der Waals surface area contributed by atoms with Crippen LogP contribution in [0.2, 0.25) is 0 Å². The van der Waals surface area contributed by atoms with Crippen LogP contribution in [0.1, 0.15) is 25.7 Å². The van der Waals surface area contributed by atoms with E-state index in [1.54, 1.807) is 0 Å². The first kappa shape index (κ1) is 16.0. The average molecular weight is 358 g/mol. The zero-order valence-electron chi connectivity index (χ0n) is 13.5. The van der Waals surface area contributed by atoms with E-state index in [9.17, 15) is 14.7 Å². The summed E-state index contributed by atoms with van der Waals surface area (Å²) in [4.78, 5) is 29.9. The lowest BCUT2D eigenvalue weighted by molar-refractivity contribution is -0.141. The van der Waals surface area contributed by atoms with Gasteiger partial charge >= 0.3 is 12.0 Å². The summed E-state index contributed by atoms with van der Waals surface area (Å²) in [6, 6.07) is 8.33. The van der Waals surface area contributed by atoms with E-state index < -0.39 is 18.0 Å². The molecule has 8 heteroatoms. The molecule has 2 amide bonds. The van der Waals surface area contributed by atoms with Gasteiger partial charge in [-0.3, -0.25) is 5.32 Å². The number of carbonyl (C=O) groups is 2. The molecule has 0 radical (unpaired) electrons. The Balaban J connectivity index is 1.48. The third kappa shape index (κ3) is 2.97. The van der Waals surface area contributed by atoms with Gasteiger partial charge in [-0.2, -0.15) is 9.36 Å². The second-order valence-corrected chi connectivity index (χ2v) is 7.51. The van der Waals surface area contributed by atoms with Gasteiger partial charge in [0.25, 0.3) is 0 Å². The van der Waals surface area contributed by atoms with Crippen LogP contribution in [0, 0.1) is 5.41 Å². The number of anilines is 1. The molecule has 2 heterocycles. The number of nitrogens with zero attached hydrogens (tertiary/aromatic N) is 3. The van der Waals surface area contributed by atoms with E-state index in [1.807, 2.05) is 30.3 Å². The van der Waals surface area contributed by atoms with Crippen molar-refractivity contribution >= 4 is 28.7 Å². The molecule has 1 saturated heterocycles. The lowest BCUT2D eigenvalue weighted by Crippen LogP contribution is -2.43. The minimum Gasteiger partial charge on any atom is -0.480 e. The summed E-state index contributed by atoms with van der Waals surface area (Å²) in [7, 11) is 0. The highest BCUT2D eigenvalue weighted by Crippen LogP contribution is 2.50. The second-order valence-electron chi connectivity index (χ2n) is 6.76. The number of likely N-dealkylation sites (tertiary alicyclic amines) is 1. The summed E-state index contributed by atoms with van der Waals surface area (Å²) in [6.45, 7) is 0.500. The van der Waals surface area contributed by atoms with Crippen molar-refractivity contribution < 1.29 is 14.7 Å². The fraction of sp³-hybridized carbons (Fsp3) is 0.412. The normalized spacial score (nSPS) is 21.1. The van der Waals surface area contributed by atoms with E-state index in [-0.39, 0.29) is 5.41 Å². The van der Waals surface area contributed by atoms with Gasteiger partial charge in [-0.15, -0.1) is 0 Å². The Morgan fingerprint density at radius 2 is 2.04 bits per heavy atom. The molecule has 2 N–H and O–H groups in total. The molecular weight excluding hydrogens is 340 g/mol. The van der Waals surface area contributed by atoms with Crippen LogP contribution in [0.15, 0.2) is 30.3 Å². The van der Waals surface area contributed by atoms with Crippen molar-refractivity contribution in [2.24, 2.45) is 5.41 Å². The fourth-order valence-corrected chi connectivity index (χ4v) is 4.25. The van der Waals surface area contributed by atoms with Gasteiger partial charge in [0.1, 0.15) is 6.04 Å². The molecule has 1 unspecified atom stereocenters. The van der Waals surface area contributed by atoms with Gasteiger partial charge in [-0.1, -0.05) is 36.8 Å². The number of hydrogen-bond acceptors (Lipinski definition) is 5. The van der Waals surface area contributed by atoms with Gasteiger partial charge in [-0.05, 0) is 24.7 Å². The van der Waals surface area contributed by atoms with Crippen LogP contribution >= 0.6 is 11.5 Å². The molecule has 130 valence electrons. The van der Waals surface area contributed by atoms with E-state index in [4.69, 9.17) is 0 Å². The number of carbonyl (C=O) groups excluding carboxylic acids is 1. The van der Waals surface area contributed by atoms with Gasteiger partial charge < -0.3 is 10.0 Å². The number of urea groups is 1. The molecule has 7 nitrogen and oxygen atoms in total. The molecular formula is C17H18N4O3S. The van der Waals surface area contributed by atoms with Gasteiger partial charge in [0.15, 0.2) is 5.82 Å². The summed E-state index contributed by atoms with van der Waals surface area (Å²) in [5.41, 5.74) is 0.869. The van der Waals surface area contributed by atoms with E-state index in [0.717, 1.165) is 36.4 Å². The highest BCUT2D eigenvalue weighted by atomic mass is 32.1. The maximum Gasteiger partial charge on any atom is 0.326 e. The Bertz CT molecular complexity index is 803. The molecule has 2 fully saturated rings. The molecule has 2 aliphatic rings. The summed E-state index contributed by atoms with van der Waals surface area (Å²) in [6.07, 6.45) is 3.65.